The molecule has 3 aromatic rings. The zero-order chi connectivity index (χ0) is 49.6. The third-order valence-electron chi connectivity index (χ3n) is 10.5. The molecule has 0 spiro atoms. The van der Waals surface area contributed by atoms with Crippen molar-refractivity contribution in [1.82, 2.24) is 25.1 Å². The molecule has 1 aliphatic carbocycles. The van der Waals surface area contributed by atoms with E-state index in [4.69, 9.17) is 74.4 Å². The van der Waals surface area contributed by atoms with Crippen molar-refractivity contribution >= 4 is 69.3 Å². The Morgan fingerprint density at radius 2 is 1.51 bits per heavy atom. The first kappa shape index (κ1) is 57.4. The number of carbonyl (C=O) groups excluding carboxylic acids is 2. The molecule has 0 bridgehead atoms. The van der Waals surface area contributed by atoms with Gasteiger partial charge in [-0.15, -0.1) is 0 Å². The SMILES string of the molecule is N/N=C(\C=NCCOCCOCCOCCOCCC=O)COCCOCCOCCOCCNC(=O)C1Cc2ccccc2C1Nc1nc(Cl)nc2c1cnn2C1CCC(COP(O)CP(O)O)O1. The number of nitrogens with zero attached hydrogens (tertiary/aromatic N) is 6. The van der Waals surface area contributed by atoms with E-state index in [1.165, 1.54) is 0 Å². The Kier molecular flexibility index (Phi) is 27.9. The number of fused-ring (bicyclic) bond motifs is 2. The molecule has 7 N–H and O–H groups in total. The van der Waals surface area contributed by atoms with Crippen LogP contribution in [0.1, 0.15) is 42.7 Å². The summed E-state index contributed by atoms with van der Waals surface area (Å²) < 4.78 is 57.1. The molecule has 0 saturated carbocycles. The highest BCUT2D eigenvalue weighted by Crippen LogP contribution is 2.45. The van der Waals surface area contributed by atoms with Crippen LogP contribution in [0.4, 0.5) is 5.82 Å². The lowest BCUT2D eigenvalue weighted by atomic mass is 9.99. The summed E-state index contributed by atoms with van der Waals surface area (Å²) in [6.07, 6.45) is 5.33. The first-order valence-electron chi connectivity index (χ1n) is 23.0. The molecule has 1 saturated heterocycles. The lowest BCUT2D eigenvalue weighted by molar-refractivity contribution is -0.125. The van der Waals surface area contributed by atoms with Crippen LogP contribution in [0.2, 0.25) is 5.28 Å². The molecule has 1 amide bonds. The summed E-state index contributed by atoms with van der Waals surface area (Å²) >= 11 is 6.46. The Morgan fingerprint density at radius 3 is 2.19 bits per heavy atom. The highest BCUT2D eigenvalue weighted by molar-refractivity contribution is 7.63. The largest absolute Gasteiger partial charge is 0.379 e. The summed E-state index contributed by atoms with van der Waals surface area (Å²) in [4.78, 5) is 65.3. The van der Waals surface area contributed by atoms with Crippen molar-refractivity contribution in [3.05, 3.63) is 46.9 Å². The maximum atomic E-state index is 13.7. The summed E-state index contributed by atoms with van der Waals surface area (Å²) in [6.45, 7) is 7.02. The molecule has 70 heavy (non-hydrogen) atoms. The number of carbonyl (C=O) groups is 2. The summed E-state index contributed by atoms with van der Waals surface area (Å²) in [7, 11) is -4.22. The average molecular weight is 1050 g/mol. The van der Waals surface area contributed by atoms with E-state index in [1.807, 2.05) is 24.3 Å². The maximum Gasteiger partial charge on any atom is 0.226 e. The molecular weight excluding hydrogens is 980 g/mol. The predicted octanol–water partition coefficient (Wildman–Crippen LogP) is 2.28. The zero-order valence-corrected chi connectivity index (χ0v) is 41.6. The molecule has 5 unspecified atom stereocenters. The van der Waals surface area contributed by atoms with E-state index >= 15 is 0 Å². The number of ether oxygens (including phenoxy) is 9. The van der Waals surface area contributed by atoms with Gasteiger partial charge in [0.1, 0.15) is 17.8 Å². The van der Waals surface area contributed by atoms with Gasteiger partial charge in [0.2, 0.25) is 11.2 Å². The Balaban J connectivity index is 0.890. The maximum absolute atomic E-state index is 13.7. The molecular formula is C43H66ClN9O15P2. The van der Waals surface area contributed by atoms with E-state index in [0.29, 0.717) is 160 Å². The van der Waals surface area contributed by atoms with Crippen molar-refractivity contribution in [3.63, 3.8) is 0 Å². The van der Waals surface area contributed by atoms with Gasteiger partial charge in [-0.3, -0.25) is 9.79 Å². The van der Waals surface area contributed by atoms with Gasteiger partial charge in [-0.25, -0.2) is 4.68 Å². The van der Waals surface area contributed by atoms with Crippen LogP contribution in [0.3, 0.4) is 0 Å². The number of hydrazone groups is 1. The molecule has 2 aliphatic rings. The number of hydrogen-bond donors (Lipinski definition) is 6. The minimum Gasteiger partial charge on any atom is -0.379 e. The number of rotatable bonds is 39. The minimum atomic E-state index is -2.25. The second-order valence-corrected chi connectivity index (χ2v) is 18.7. The molecule has 0 radical (unpaired) electrons. The Labute approximate surface area is 414 Å². The van der Waals surface area contributed by atoms with E-state index in [1.54, 1.807) is 17.1 Å². The number of aromatic nitrogens is 4. The lowest BCUT2D eigenvalue weighted by Gasteiger charge is -2.22. The van der Waals surface area contributed by atoms with Crippen LogP contribution in [0.5, 0.6) is 0 Å². The van der Waals surface area contributed by atoms with Gasteiger partial charge in [0, 0.05) is 19.2 Å². The zero-order valence-electron chi connectivity index (χ0n) is 39.1. The first-order chi connectivity index (χ1) is 34.3. The number of halogens is 1. The van der Waals surface area contributed by atoms with Gasteiger partial charge in [0.15, 0.2) is 28.6 Å². The van der Waals surface area contributed by atoms with Crippen LogP contribution in [-0.4, -0.2) is 196 Å². The third-order valence-corrected chi connectivity index (χ3v) is 13.1. The summed E-state index contributed by atoms with van der Waals surface area (Å²) in [5, 5.41) is 15.4. The van der Waals surface area contributed by atoms with Crippen LogP contribution in [0, 0.1) is 5.92 Å². The second kappa shape index (κ2) is 34.0. The van der Waals surface area contributed by atoms with Crippen LogP contribution < -0.4 is 16.5 Å². The Morgan fingerprint density at radius 1 is 0.871 bits per heavy atom. The monoisotopic (exact) mass is 1050 g/mol. The van der Waals surface area contributed by atoms with Gasteiger partial charge in [-0.2, -0.15) is 20.2 Å². The number of anilines is 1. The van der Waals surface area contributed by atoms with Crippen LogP contribution in [0.25, 0.3) is 11.0 Å². The molecule has 5 rings (SSSR count). The standard InChI is InChI=1S/C43H66ClN9O15P2/c44-43-50-40(37-28-48-53(41(37)51-43)38-7-6-34(68-38)30-67-70(58)31-69(56)57)49-39-35-5-2-1-4-32(35)26-36(39)42(55)47-9-13-61-16-19-64-22-23-65-24-25-66-29-33(52-45)27-46-8-12-60-15-18-63-21-20-62-17-14-59-11-3-10-54/h1-2,4-5,10,27-28,34,36,38-39,56-58H,3,6-9,11-26,29-31,45H2,(H,47,55)(H,49,50,51)/b46-27?,52-33+. The molecule has 5 atom stereocenters. The number of nitrogens with two attached hydrogens (primary N) is 1. The topological polar surface area (TPSA) is 306 Å². The average Bonchev–Trinajstić information content (AvgIpc) is 4.10. The Bertz CT molecular complexity index is 2030. The fourth-order valence-corrected chi connectivity index (χ4v) is 8.89. The van der Waals surface area contributed by atoms with Crippen LogP contribution in [0.15, 0.2) is 40.6 Å². The number of amides is 1. The van der Waals surface area contributed by atoms with Gasteiger partial charge < -0.3 is 83.1 Å². The number of nitrogens with one attached hydrogen (secondary N) is 2. The van der Waals surface area contributed by atoms with Gasteiger partial charge in [0.05, 0.1) is 154 Å². The highest BCUT2D eigenvalue weighted by Gasteiger charge is 2.38. The van der Waals surface area contributed by atoms with Gasteiger partial charge in [-0.1, -0.05) is 24.3 Å². The quantitative estimate of drug-likeness (QED) is 0.00908. The summed E-state index contributed by atoms with van der Waals surface area (Å²) in [6, 6.07) is 7.47. The van der Waals surface area contributed by atoms with Crippen LogP contribution in [-0.2, 0) is 63.2 Å². The van der Waals surface area contributed by atoms with Crippen molar-refractivity contribution in [2.24, 2.45) is 21.9 Å². The van der Waals surface area contributed by atoms with Crippen molar-refractivity contribution in [3.8, 4) is 0 Å². The van der Waals surface area contributed by atoms with Gasteiger partial charge in [-0.05, 0) is 42.0 Å². The van der Waals surface area contributed by atoms with Crippen LogP contribution >= 0.6 is 28.4 Å². The van der Waals surface area contributed by atoms with E-state index in [9.17, 15) is 14.5 Å². The van der Waals surface area contributed by atoms with Crippen molar-refractivity contribution in [2.45, 2.75) is 44.1 Å². The number of hydrogen-bond acceptors (Lipinski definition) is 22. The number of benzene rings is 1. The smallest absolute Gasteiger partial charge is 0.226 e. The molecule has 2 aromatic heterocycles. The number of aliphatic imine (C=N–C) groups is 1. The van der Waals surface area contributed by atoms with Crippen molar-refractivity contribution < 1.29 is 71.4 Å². The molecule has 27 heteroatoms. The molecule has 1 fully saturated rings. The normalized spacial score (nSPS) is 18.6. The molecule has 1 aromatic carbocycles. The molecule has 1 aliphatic heterocycles. The second-order valence-electron chi connectivity index (χ2n) is 15.5. The Hall–Kier alpha value is -3.52. The van der Waals surface area contributed by atoms with Crippen molar-refractivity contribution in [2.75, 3.05) is 137 Å². The van der Waals surface area contributed by atoms with E-state index in [2.05, 4.69) is 35.8 Å². The lowest BCUT2D eigenvalue weighted by Crippen LogP contribution is -2.37. The fourth-order valence-electron chi connectivity index (χ4n) is 7.19. The summed E-state index contributed by atoms with van der Waals surface area (Å²) in [5.41, 5.74) is 2.96. The molecule has 3 heterocycles. The van der Waals surface area contributed by atoms with E-state index < -0.39 is 34.9 Å². The molecule has 24 nitrogen and oxygen atoms in total. The first-order valence-corrected chi connectivity index (χ1v) is 26.2. The van der Waals surface area contributed by atoms with E-state index in [-0.39, 0.29) is 36.4 Å². The van der Waals surface area contributed by atoms with Gasteiger partial charge in [0.25, 0.3) is 0 Å². The predicted molar refractivity (Wildman–Crippen MR) is 260 cm³/mol. The van der Waals surface area contributed by atoms with Gasteiger partial charge >= 0.3 is 0 Å². The minimum absolute atomic E-state index is 0.00661. The fraction of sp³-hybridized carbons (Fsp3) is 0.651. The third kappa shape index (κ3) is 20.9. The number of aldehydes is 1. The highest BCUT2D eigenvalue weighted by atomic mass is 35.5. The van der Waals surface area contributed by atoms with E-state index in [0.717, 1.165) is 17.4 Å². The molecule has 390 valence electrons. The summed E-state index contributed by atoms with van der Waals surface area (Å²) in [5.74, 6) is 5.08. The van der Waals surface area contributed by atoms with Crippen molar-refractivity contribution in [1.29, 1.82) is 0 Å².